The van der Waals surface area contributed by atoms with Crippen LogP contribution in [0.4, 0.5) is 4.39 Å². The van der Waals surface area contributed by atoms with Gasteiger partial charge in [-0.15, -0.1) is 0 Å². The molecule has 0 aliphatic carbocycles. The maximum atomic E-state index is 14.6. The van der Waals surface area contributed by atoms with E-state index in [0.717, 1.165) is 0 Å². The summed E-state index contributed by atoms with van der Waals surface area (Å²) in [6, 6.07) is 13.0. The van der Waals surface area contributed by atoms with Crippen molar-refractivity contribution in [1.29, 1.82) is 0 Å². The number of fused-ring (bicyclic) bond motifs is 1. The summed E-state index contributed by atoms with van der Waals surface area (Å²) in [5.74, 6) is -0.778. The zero-order valence-electron chi connectivity index (χ0n) is 18.4. The number of carbonyl (C=O) groups excluding carboxylic acids is 2. The van der Waals surface area contributed by atoms with Crippen molar-refractivity contribution < 1.29 is 23.5 Å². The number of halogens is 1. The van der Waals surface area contributed by atoms with Gasteiger partial charge in [0.15, 0.2) is 0 Å². The number of ether oxygens (including phenoxy) is 2. The van der Waals surface area contributed by atoms with Crippen molar-refractivity contribution in [1.82, 2.24) is 10.3 Å². The largest absolute Gasteiger partial charge is 0.491 e. The van der Waals surface area contributed by atoms with Crippen LogP contribution in [0.15, 0.2) is 61.3 Å². The number of methoxy groups -OCH3 is 1. The SMILES string of the molecule is C=Cc1cc(C(=O)N[C@]2(c3ccc(C)c(F)c3)CCOc3cccnc32)ccc1C(=O)OC. The predicted octanol–water partition coefficient (Wildman–Crippen LogP) is 4.41. The fourth-order valence-corrected chi connectivity index (χ4v) is 4.03. The summed E-state index contributed by atoms with van der Waals surface area (Å²) in [5.41, 5.74) is 1.56. The number of nitrogens with zero attached hydrogens (tertiary/aromatic N) is 1. The van der Waals surface area contributed by atoms with Gasteiger partial charge in [-0.05, 0) is 60.0 Å². The molecule has 168 valence electrons. The van der Waals surface area contributed by atoms with Crippen LogP contribution in [0, 0.1) is 12.7 Å². The molecule has 0 saturated heterocycles. The van der Waals surface area contributed by atoms with Crippen LogP contribution in [0.25, 0.3) is 6.08 Å². The molecule has 0 saturated carbocycles. The van der Waals surface area contributed by atoms with Gasteiger partial charge in [0.2, 0.25) is 0 Å². The summed E-state index contributed by atoms with van der Waals surface area (Å²) >= 11 is 0. The highest BCUT2D eigenvalue weighted by molar-refractivity contribution is 5.99. The lowest BCUT2D eigenvalue weighted by Gasteiger charge is -2.39. The van der Waals surface area contributed by atoms with E-state index in [4.69, 9.17) is 9.47 Å². The van der Waals surface area contributed by atoms with Gasteiger partial charge in [-0.3, -0.25) is 9.78 Å². The van der Waals surface area contributed by atoms with E-state index < -0.39 is 17.4 Å². The molecule has 1 aromatic heterocycles. The average molecular weight is 446 g/mol. The molecule has 0 radical (unpaired) electrons. The Morgan fingerprint density at radius 3 is 2.79 bits per heavy atom. The Kier molecular flexibility index (Phi) is 5.96. The van der Waals surface area contributed by atoms with Gasteiger partial charge < -0.3 is 14.8 Å². The van der Waals surface area contributed by atoms with E-state index in [9.17, 15) is 14.0 Å². The van der Waals surface area contributed by atoms with Crippen LogP contribution in [0.1, 0.15) is 49.5 Å². The topological polar surface area (TPSA) is 77.5 Å². The number of pyridine rings is 1. The molecule has 1 aliphatic heterocycles. The highest BCUT2D eigenvalue weighted by Crippen LogP contribution is 2.41. The lowest BCUT2D eigenvalue weighted by Crippen LogP contribution is -2.50. The van der Waals surface area contributed by atoms with Crippen molar-refractivity contribution in [3.63, 3.8) is 0 Å². The van der Waals surface area contributed by atoms with Gasteiger partial charge in [-0.2, -0.15) is 0 Å². The first-order chi connectivity index (χ1) is 15.9. The summed E-state index contributed by atoms with van der Waals surface area (Å²) in [5, 5.41) is 3.08. The van der Waals surface area contributed by atoms with Gasteiger partial charge in [0.25, 0.3) is 5.91 Å². The number of nitrogens with one attached hydrogen (secondary N) is 1. The maximum absolute atomic E-state index is 14.6. The number of benzene rings is 2. The molecule has 33 heavy (non-hydrogen) atoms. The first-order valence-electron chi connectivity index (χ1n) is 10.4. The molecule has 3 aromatic rings. The third kappa shape index (κ3) is 3.98. The quantitative estimate of drug-likeness (QED) is 0.588. The Morgan fingerprint density at radius 2 is 2.06 bits per heavy atom. The molecule has 1 atom stereocenters. The lowest BCUT2D eigenvalue weighted by molar-refractivity contribution is 0.0600. The first-order valence-corrected chi connectivity index (χ1v) is 10.4. The third-order valence-corrected chi connectivity index (χ3v) is 5.84. The van der Waals surface area contributed by atoms with Crippen molar-refractivity contribution in [2.45, 2.75) is 18.9 Å². The zero-order chi connectivity index (χ0) is 23.6. The van der Waals surface area contributed by atoms with E-state index in [1.165, 1.54) is 31.4 Å². The number of aromatic nitrogens is 1. The predicted molar refractivity (Wildman–Crippen MR) is 122 cm³/mol. The molecule has 1 aliphatic rings. The van der Waals surface area contributed by atoms with E-state index in [1.54, 1.807) is 43.5 Å². The van der Waals surface area contributed by atoms with Crippen LogP contribution in [0.3, 0.4) is 0 Å². The van der Waals surface area contributed by atoms with Crippen molar-refractivity contribution in [3.05, 3.63) is 101 Å². The smallest absolute Gasteiger partial charge is 0.338 e. The second-order valence-electron chi connectivity index (χ2n) is 7.77. The minimum Gasteiger partial charge on any atom is -0.491 e. The van der Waals surface area contributed by atoms with Crippen molar-refractivity contribution >= 4 is 18.0 Å². The number of rotatable bonds is 5. The first kappa shape index (κ1) is 22.2. The molecule has 7 heteroatoms. The molecule has 1 amide bonds. The summed E-state index contributed by atoms with van der Waals surface area (Å²) in [4.78, 5) is 29.9. The molecule has 2 heterocycles. The van der Waals surface area contributed by atoms with Crippen LogP contribution < -0.4 is 10.1 Å². The molecule has 1 N–H and O–H groups in total. The highest BCUT2D eigenvalue weighted by atomic mass is 19.1. The number of hydrogen-bond donors (Lipinski definition) is 1. The molecule has 0 fully saturated rings. The van der Waals surface area contributed by atoms with Gasteiger partial charge in [-0.25, -0.2) is 9.18 Å². The van der Waals surface area contributed by atoms with E-state index in [-0.39, 0.29) is 5.82 Å². The number of amides is 1. The number of hydrogen-bond acceptors (Lipinski definition) is 5. The molecule has 4 rings (SSSR count). The van der Waals surface area contributed by atoms with E-state index in [2.05, 4.69) is 16.9 Å². The fraction of sp³-hybridized carbons (Fsp3) is 0.192. The Balaban J connectivity index is 1.81. The Hall–Kier alpha value is -4.00. The molecule has 0 bridgehead atoms. The van der Waals surface area contributed by atoms with E-state index in [1.807, 2.05) is 0 Å². The second-order valence-corrected chi connectivity index (χ2v) is 7.77. The minimum atomic E-state index is -1.10. The monoisotopic (exact) mass is 446 g/mol. The summed E-state index contributed by atoms with van der Waals surface area (Å²) in [7, 11) is 1.29. The van der Waals surface area contributed by atoms with Crippen molar-refractivity contribution in [2.75, 3.05) is 13.7 Å². The molecule has 2 aromatic carbocycles. The Labute approximate surface area is 191 Å². The number of esters is 1. The normalized spacial score (nSPS) is 16.8. The van der Waals surface area contributed by atoms with Gasteiger partial charge in [0.05, 0.1) is 19.3 Å². The number of carbonyl (C=O) groups is 2. The van der Waals surface area contributed by atoms with Crippen LogP contribution in [0.5, 0.6) is 5.75 Å². The van der Waals surface area contributed by atoms with Crippen molar-refractivity contribution in [3.8, 4) is 5.75 Å². The van der Waals surface area contributed by atoms with E-state index >= 15 is 0 Å². The van der Waals surface area contributed by atoms with Crippen LogP contribution in [-0.2, 0) is 10.3 Å². The van der Waals surface area contributed by atoms with Gasteiger partial charge in [0.1, 0.15) is 22.8 Å². The zero-order valence-corrected chi connectivity index (χ0v) is 18.4. The molecular weight excluding hydrogens is 423 g/mol. The van der Waals surface area contributed by atoms with Crippen LogP contribution in [0.2, 0.25) is 0 Å². The highest BCUT2D eigenvalue weighted by Gasteiger charge is 2.43. The van der Waals surface area contributed by atoms with Crippen molar-refractivity contribution in [2.24, 2.45) is 0 Å². The molecule has 6 nitrogen and oxygen atoms in total. The van der Waals surface area contributed by atoms with Gasteiger partial charge >= 0.3 is 5.97 Å². The average Bonchev–Trinajstić information content (AvgIpc) is 2.84. The van der Waals surface area contributed by atoms with Gasteiger partial charge in [-0.1, -0.05) is 24.8 Å². The Bertz CT molecular complexity index is 1260. The summed E-state index contributed by atoms with van der Waals surface area (Å²) < 4.78 is 25.1. The molecule has 0 unspecified atom stereocenters. The van der Waals surface area contributed by atoms with Gasteiger partial charge in [0, 0.05) is 18.2 Å². The third-order valence-electron chi connectivity index (χ3n) is 5.84. The minimum absolute atomic E-state index is 0.303. The Morgan fingerprint density at radius 1 is 1.24 bits per heavy atom. The summed E-state index contributed by atoms with van der Waals surface area (Å²) in [6.45, 7) is 5.72. The molecule has 0 spiro atoms. The lowest BCUT2D eigenvalue weighted by atomic mass is 9.80. The number of aryl methyl sites for hydroxylation is 1. The maximum Gasteiger partial charge on any atom is 0.338 e. The summed E-state index contributed by atoms with van der Waals surface area (Å²) in [6.07, 6.45) is 3.46. The van der Waals surface area contributed by atoms with Crippen LogP contribution >= 0.6 is 0 Å². The van der Waals surface area contributed by atoms with Crippen LogP contribution in [-0.4, -0.2) is 30.6 Å². The fourth-order valence-electron chi connectivity index (χ4n) is 4.03. The second kappa shape index (κ2) is 8.86. The molecular formula is C26H23FN2O4. The standard InChI is InChI=1S/C26H23FN2O4/c1-4-17-14-18(8-10-20(17)25(31)32-3)24(30)29-26(19-9-7-16(2)21(27)15-19)11-13-33-22-6-5-12-28-23(22)26/h4-10,12,14-15H,1,11,13H2,2-3H3,(H,29,30)/t26-/m0/s1. The van der Waals surface area contributed by atoms with E-state index in [0.29, 0.717) is 52.3 Å².